The van der Waals surface area contributed by atoms with Crippen molar-refractivity contribution in [2.45, 2.75) is 20.4 Å². The summed E-state index contributed by atoms with van der Waals surface area (Å²) in [6.45, 7) is 10.8. The van der Waals surface area contributed by atoms with Crippen LogP contribution < -0.4 is 10.9 Å². The normalized spacial score (nSPS) is 9.76. The topological polar surface area (TPSA) is 62.0 Å². The highest BCUT2D eigenvalue weighted by molar-refractivity contribution is 5.95. The zero-order valence-electron chi connectivity index (χ0n) is 10.1. The number of hydrogen-bond donors (Lipinski definition) is 2. The Hall–Kier alpha value is -2.10. The first kappa shape index (κ1) is 13.0. The Kier molecular flexibility index (Phi) is 4.04. The van der Waals surface area contributed by atoms with Crippen LogP contribution in [0.4, 0.5) is 0 Å². The van der Waals surface area contributed by atoms with E-state index in [4.69, 9.17) is 0 Å². The smallest absolute Gasteiger partial charge is 0.253 e. The number of H-pyrrole nitrogens is 1. The second-order valence-corrected chi connectivity index (χ2v) is 3.86. The second-order valence-electron chi connectivity index (χ2n) is 3.86. The summed E-state index contributed by atoms with van der Waals surface area (Å²) < 4.78 is 0. The summed E-state index contributed by atoms with van der Waals surface area (Å²) in [5.74, 6) is -0.320. The number of carbonyl (C=O) groups excluding carboxylic acids is 1. The van der Waals surface area contributed by atoms with Crippen molar-refractivity contribution in [2.75, 3.05) is 0 Å². The SMILES string of the molecule is C=CC(=C)C(=O)NCc1c(C)cc(C)[nH]c1=O. The van der Waals surface area contributed by atoms with Crippen LogP contribution in [0.1, 0.15) is 16.8 Å². The standard InChI is InChI=1S/C13H16N2O2/c1-5-8(2)12(16)14-7-11-9(3)6-10(4)15-13(11)17/h5-6H,1-2,7H2,3-4H3,(H,14,16)(H,15,17). The first-order chi connectivity index (χ1) is 7.95. The molecule has 0 aliphatic heterocycles. The monoisotopic (exact) mass is 232 g/mol. The van der Waals surface area contributed by atoms with Gasteiger partial charge in [0.25, 0.3) is 11.5 Å². The van der Waals surface area contributed by atoms with Gasteiger partial charge in [-0.25, -0.2) is 0 Å². The van der Waals surface area contributed by atoms with Gasteiger partial charge < -0.3 is 10.3 Å². The summed E-state index contributed by atoms with van der Waals surface area (Å²) in [6.07, 6.45) is 1.38. The molecule has 0 spiro atoms. The Balaban J connectivity index is 2.84. The minimum atomic E-state index is -0.320. The number of aryl methyl sites for hydroxylation is 2. The molecule has 0 aromatic carbocycles. The third kappa shape index (κ3) is 3.17. The molecule has 0 unspecified atom stereocenters. The van der Waals surface area contributed by atoms with Crippen molar-refractivity contribution in [2.24, 2.45) is 0 Å². The molecule has 0 saturated heterocycles. The molecule has 17 heavy (non-hydrogen) atoms. The van der Waals surface area contributed by atoms with Gasteiger partial charge in [-0.1, -0.05) is 19.2 Å². The molecule has 2 N–H and O–H groups in total. The maximum Gasteiger partial charge on any atom is 0.253 e. The van der Waals surface area contributed by atoms with Gasteiger partial charge in [0.2, 0.25) is 0 Å². The highest BCUT2D eigenvalue weighted by Crippen LogP contribution is 2.03. The van der Waals surface area contributed by atoms with Crippen molar-refractivity contribution in [1.29, 1.82) is 0 Å². The average molecular weight is 232 g/mol. The van der Waals surface area contributed by atoms with E-state index >= 15 is 0 Å². The van der Waals surface area contributed by atoms with Gasteiger partial charge >= 0.3 is 0 Å². The predicted molar refractivity (Wildman–Crippen MR) is 67.7 cm³/mol. The van der Waals surface area contributed by atoms with E-state index in [0.29, 0.717) is 5.56 Å². The van der Waals surface area contributed by atoms with Crippen LogP contribution in [0.15, 0.2) is 35.7 Å². The lowest BCUT2D eigenvalue weighted by Crippen LogP contribution is -2.28. The number of hydrogen-bond acceptors (Lipinski definition) is 2. The van der Waals surface area contributed by atoms with E-state index in [2.05, 4.69) is 23.5 Å². The minimum absolute atomic E-state index is 0.174. The van der Waals surface area contributed by atoms with Crippen LogP contribution in [0, 0.1) is 13.8 Å². The lowest BCUT2D eigenvalue weighted by molar-refractivity contribution is -0.117. The number of carbonyl (C=O) groups is 1. The lowest BCUT2D eigenvalue weighted by atomic mass is 10.1. The van der Waals surface area contributed by atoms with Crippen molar-refractivity contribution >= 4 is 5.91 Å². The average Bonchev–Trinajstić information content (AvgIpc) is 2.26. The van der Waals surface area contributed by atoms with Gasteiger partial charge in [0, 0.05) is 23.4 Å². The molecule has 0 aliphatic carbocycles. The summed E-state index contributed by atoms with van der Waals surface area (Å²) in [5, 5.41) is 2.62. The largest absolute Gasteiger partial charge is 0.348 e. The molecular formula is C13H16N2O2. The van der Waals surface area contributed by atoms with Crippen LogP contribution in [0.25, 0.3) is 0 Å². The Labute approximate surface area is 100 Å². The Morgan fingerprint density at radius 1 is 1.53 bits per heavy atom. The lowest BCUT2D eigenvalue weighted by Gasteiger charge is -2.07. The molecule has 1 rings (SSSR count). The molecule has 1 amide bonds. The molecule has 1 aromatic rings. The van der Waals surface area contributed by atoms with E-state index < -0.39 is 0 Å². The van der Waals surface area contributed by atoms with E-state index in [9.17, 15) is 9.59 Å². The fourth-order valence-corrected chi connectivity index (χ4v) is 1.48. The Morgan fingerprint density at radius 3 is 2.71 bits per heavy atom. The summed E-state index contributed by atoms with van der Waals surface area (Å²) in [4.78, 5) is 25.8. The second kappa shape index (κ2) is 5.30. The van der Waals surface area contributed by atoms with E-state index in [-0.39, 0.29) is 23.6 Å². The molecule has 0 radical (unpaired) electrons. The molecule has 90 valence electrons. The summed E-state index contributed by atoms with van der Waals surface area (Å²) in [5.41, 5.74) is 2.33. The zero-order valence-corrected chi connectivity index (χ0v) is 10.1. The van der Waals surface area contributed by atoms with Crippen LogP contribution in [-0.4, -0.2) is 10.9 Å². The first-order valence-electron chi connectivity index (χ1n) is 5.24. The number of rotatable bonds is 4. The first-order valence-corrected chi connectivity index (χ1v) is 5.24. The molecule has 0 atom stereocenters. The van der Waals surface area contributed by atoms with Crippen molar-refractivity contribution in [1.82, 2.24) is 10.3 Å². The molecule has 0 bridgehead atoms. The summed E-state index contributed by atoms with van der Waals surface area (Å²) >= 11 is 0. The van der Waals surface area contributed by atoms with Crippen LogP contribution in [0.2, 0.25) is 0 Å². The summed E-state index contributed by atoms with van der Waals surface area (Å²) in [7, 11) is 0. The minimum Gasteiger partial charge on any atom is -0.348 e. The van der Waals surface area contributed by atoms with E-state index in [1.54, 1.807) is 0 Å². The number of aromatic nitrogens is 1. The van der Waals surface area contributed by atoms with Gasteiger partial charge in [0.15, 0.2) is 0 Å². The van der Waals surface area contributed by atoms with Gasteiger partial charge in [0.1, 0.15) is 0 Å². The van der Waals surface area contributed by atoms with Gasteiger partial charge in [-0.05, 0) is 25.5 Å². The molecule has 0 saturated carbocycles. The van der Waals surface area contributed by atoms with Crippen molar-refractivity contribution < 1.29 is 4.79 Å². The Bertz CT molecular complexity index is 527. The number of nitrogens with one attached hydrogen (secondary N) is 2. The van der Waals surface area contributed by atoms with Gasteiger partial charge in [-0.3, -0.25) is 9.59 Å². The zero-order chi connectivity index (χ0) is 13.0. The van der Waals surface area contributed by atoms with Crippen molar-refractivity contribution in [3.05, 3.63) is 58.0 Å². The Morgan fingerprint density at radius 2 is 2.18 bits per heavy atom. The fourth-order valence-electron chi connectivity index (χ4n) is 1.48. The molecule has 1 aromatic heterocycles. The van der Waals surface area contributed by atoms with Crippen molar-refractivity contribution in [3.8, 4) is 0 Å². The van der Waals surface area contributed by atoms with Crippen LogP contribution in [-0.2, 0) is 11.3 Å². The summed E-state index contributed by atoms with van der Waals surface area (Å²) in [6, 6.07) is 1.87. The van der Waals surface area contributed by atoms with Gasteiger partial charge in [-0.15, -0.1) is 0 Å². The molecular weight excluding hydrogens is 216 g/mol. The van der Waals surface area contributed by atoms with Crippen LogP contribution >= 0.6 is 0 Å². The predicted octanol–water partition coefficient (Wildman–Crippen LogP) is 1.35. The molecule has 0 fully saturated rings. The van der Waals surface area contributed by atoms with Gasteiger partial charge in [-0.2, -0.15) is 0 Å². The fraction of sp³-hybridized carbons (Fsp3) is 0.231. The van der Waals surface area contributed by atoms with E-state index in [1.165, 1.54) is 6.08 Å². The number of pyridine rings is 1. The molecule has 4 heteroatoms. The highest BCUT2D eigenvalue weighted by atomic mass is 16.1. The van der Waals surface area contributed by atoms with Gasteiger partial charge in [0.05, 0.1) is 0 Å². The quantitative estimate of drug-likeness (QED) is 0.608. The number of amides is 1. The third-order valence-corrected chi connectivity index (χ3v) is 2.46. The highest BCUT2D eigenvalue weighted by Gasteiger charge is 2.08. The maximum absolute atomic E-state index is 11.7. The van der Waals surface area contributed by atoms with Crippen LogP contribution in [0.3, 0.4) is 0 Å². The van der Waals surface area contributed by atoms with Crippen molar-refractivity contribution in [3.63, 3.8) is 0 Å². The van der Waals surface area contributed by atoms with Crippen LogP contribution in [0.5, 0.6) is 0 Å². The molecule has 0 aliphatic rings. The van der Waals surface area contributed by atoms with E-state index in [0.717, 1.165) is 11.3 Å². The molecule has 1 heterocycles. The maximum atomic E-state index is 11.7. The van der Waals surface area contributed by atoms with E-state index in [1.807, 2.05) is 19.9 Å². The third-order valence-electron chi connectivity index (χ3n) is 2.46. The molecule has 4 nitrogen and oxygen atoms in total. The number of aromatic amines is 1.